The minimum Gasteiger partial charge on any atom is -0.481 e. The third kappa shape index (κ3) is 7.94. The van der Waals surface area contributed by atoms with Gasteiger partial charge < -0.3 is 25.6 Å². The number of esters is 1. The number of thiazole rings is 1. The van der Waals surface area contributed by atoms with Crippen molar-refractivity contribution in [3.05, 3.63) is 53.6 Å². The van der Waals surface area contributed by atoms with Gasteiger partial charge in [0.1, 0.15) is 11.6 Å². The summed E-state index contributed by atoms with van der Waals surface area (Å²) in [5, 5.41) is 24.1. The number of rotatable bonds is 8. The highest BCUT2D eigenvalue weighted by atomic mass is 32.1. The first-order chi connectivity index (χ1) is 16.8. The number of ether oxygens (including phenoxy) is 1. The van der Waals surface area contributed by atoms with Crippen LogP contribution in [0, 0.1) is 5.41 Å². The number of nitrogens with two attached hydrogens (primary N) is 1. The van der Waals surface area contributed by atoms with E-state index >= 15 is 0 Å². The van der Waals surface area contributed by atoms with Crippen LogP contribution in [-0.2, 0) is 9.59 Å². The van der Waals surface area contributed by atoms with E-state index in [4.69, 9.17) is 30.9 Å². The maximum absolute atomic E-state index is 12.5. The number of carbonyl (C=O) groups is 3. The molecule has 0 atom stereocenters. The largest absolute Gasteiger partial charge is 0.490 e. The van der Waals surface area contributed by atoms with Crippen LogP contribution in [0.5, 0.6) is 5.75 Å². The topological polar surface area (TPSA) is 167 Å². The number of amidine groups is 1. The minimum atomic E-state index is -5.08. The van der Waals surface area contributed by atoms with Gasteiger partial charge in [-0.2, -0.15) is 13.2 Å². The van der Waals surface area contributed by atoms with Gasteiger partial charge in [0.05, 0.1) is 22.2 Å². The van der Waals surface area contributed by atoms with Crippen molar-refractivity contribution >= 4 is 50.4 Å². The lowest BCUT2D eigenvalue weighted by atomic mass is 10.2. The number of fused-ring (bicyclic) bond motifs is 1. The number of carboxylic acid groups (broad SMARTS) is 2. The van der Waals surface area contributed by atoms with Gasteiger partial charge in [-0.05, 0) is 49.4 Å². The van der Waals surface area contributed by atoms with E-state index in [2.05, 4.69) is 4.98 Å². The second-order valence-electron chi connectivity index (χ2n) is 7.03. The van der Waals surface area contributed by atoms with Gasteiger partial charge in [-0.1, -0.05) is 11.3 Å². The van der Waals surface area contributed by atoms with Gasteiger partial charge in [0.25, 0.3) is 0 Å². The summed E-state index contributed by atoms with van der Waals surface area (Å²) < 4.78 is 37.9. The zero-order chi connectivity index (χ0) is 27.0. The van der Waals surface area contributed by atoms with E-state index in [1.807, 2.05) is 11.8 Å². The highest BCUT2D eigenvalue weighted by Gasteiger charge is 2.38. The van der Waals surface area contributed by atoms with Crippen molar-refractivity contribution in [1.29, 1.82) is 5.41 Å². The van der Waals surface area contributed by atoms with E-state index < -0.39 is 24.1 Å². The zero-order valence-corrected chi connectivity index (χ0v) is 19.5. The molecule has 192 valence electrons. The molecular formula is C22H21F3N4O6S. The normalized spacial score (nSPS) is 10.8. The van der Waals surface area contributed by atoms with E-state index in [1.165, 1.54) is 11.3 Å². The van der Waals surface area contributed by atoms with E-state index in [1.54, 1.807) is 42.5 Å². The second kappa shape index (κ2) is 12.0. The first kappa shape index (κ1) is 28.0. The van der Waals surface area contributed by atoms with Gasteiger partial charge in [0, 0.05) is 18.7 Å². The molecule has 3 rings (SSSR count). The molecular weight excluding hydrogens is 505 g/mol. The van der Waals surface area contributed by atoms with E-state index in [0.717, 1.165) is 10.2 Å². The molecule has 0 aliphatic heterocycles. The molecule has 0 radical (unpaired) electrons. The maximum Gasteiger partial charge on any atom is 0.490 e. The number of anilines is 1. The Morgan fingerprint density at radius 1 is 1.11 bits per heavy atom. The molecule has 0 spiro atoms. The van der Waals surface area contributed by atoms with Crippen molar-refractivity contribution < 1.29 is 42.5 Å². The average molecular weight is 526 g/mol. The Kier molecular flexibility index (Phi) is 9.32. The van der Waals surface area contributed by atoms with Gasteiger partial charge >= 0.3 is 24.1 Å². The molecule has 0 aliphatic carbocycles. The molecule has 0 saturated heterocycles. The summed E-state index contributed by atoms with van der Waals surface area (Å²) in [5.41, 5.74) is 7.09. The lowest BCUT2D eigenvalue weighted by Gasteiger charge is -2.18. The molecule has 0 unspecified atom stereocenters. The number of aliphatic carboxylic acids is 2. The Morgan fingerprint density at radius 2 is 1.69 bits per heavy atom. The molecule has 2 aromatic carbocycles. The molecule has 0 aliphatic rings. The Morgan fingerprint density at radius 3 is 2.19 bits per heavy atom. The summed E-state index contributed by atoms with van der Waals surface area (Å²) in [6.07, 6.45) is -5.05. The van der Waals surface area contributed by atoms with Crippen molar-refractivity contribution in [2.24, 2.45) is 5.73 Å². The minimum absolute atomic E-state index is 0.0315. The molecule has 1 aromatic heterocycles. The van der Waals surface area contributed by atoms with Gasteiger partial charge in [-0.3, -0.25) is 10.2 Å². The van der Waals surface area contributed by atoms with Crippen LogP contribution in [0.2, 0.25) is 0 Å². The highest BCUT2D eigenvalue weighted by Crippen LogP contribution is 2.30. The van der Waals surface area contributed by atoms with Crippen LogP contribution in [0.25, 0.3) is 10.2 Å². The summed E-state index contributed by atoms with van der Waals surface area (Å²) in [6, 6.07) is 11.5. The number of carbonyl (C=O) groups excluding carboxylic acids is 1. The summed E-state index contributed by atoms with van der Waals surface area (Å²) in [7, 11) is 0. The maximum atomic E-state index is 12.5. The van der Waals surface area contributed by atoms with Gasteiger partial charge in [0.2, 0.25) is 0 Å². The van der Waals surface area contributed by atoms with Crippen LogP contribution in [0.15, 0.2) is 42.5 Å². The van der Waals surface area contributed by atoms with Crippen LogP contribution in [-0.4, -0.2) is 58.2 Å². The van der Waals surface area contributed by atoms with Crippen molar-refractivity contribution in [2.45, 2.75) is 19.5 Å². The van der Waals surface area contributed by atoms with E-state index in [-0.39, 0.29) is 12.3 Å². The number of aromatic nitrogens is 1. The number of hydrogen-bond acceptors (Lipinski definition) is 8. The average Bonchev–Trinajstić information content (AvgIpc) is 3.22. The zero-order valence-electron chi connectivity index (χ0n) is 18.7. The monoisotopic (exact) mass is 526 g/mol. The molecule has 36 heavy (non-hydrogen) atoms. The van der Waals surface area contributed by atoms with Crippen molar-refractivity contribution in [3.8, 4) is 5.75 Å². The summed E-state index contributed by atoms with van der Waals surface area (Å²) in [6.45, 7) is 2.95. The molecule has 0 amide bonds. The summed E-state index contributed by atoms with van der Waals surface area (Å²) in [4.78, 5) is 38.6. The SMILES string of the molecule is CCN(CCC(=O)O)c1nc2ccc(C(=O)Oc3ccc(C(=N)N)cc3)cc2s1.O=C(O)C(F)(F)F. The number of alkyl halides is 3. The molecule has 1 heterocycles. The fourth-order valence-corrected chi connectivity index (χ4v) is 3.76. The van der Waals surface area contributed by atoms with Gasteiger partial charge in [0.15, 0.2) is 5.13 Å². The fourth-order valence-electron chi connectivity index (χ4n) is 2.66. The molecule has 10 nitrogen and oxygen atoms in total. The molecule has 14 heteroatoms. The van der Waals surface area contributed by atoms with E-state index in [0.29, 0.717) is 35.1 Å². The summed E-state index contributed by atoms with van der Waals surface area (Å²) in [5.74, 6) is -3.82. The molecule has 3 aromatic rings. The number of nitrogens with one attached hydrogen (secondary N) is 1. The predicted octanol–water partition coefficient (Wildman–Crippen LogP) is 3.73. The lowest BCUT2D eigenvalue weighted by molar-refractivity contribution is -0.192. The van der Waals surface area contributed by atoms with Crippen LogP contribution < -0.4 is 15.4 Å². The highest BCUT2D eigenvalue weighted by molar-refractivity contribution is 7.22. The molecule has 5 N–H and O–H groups in total. The summed E-state index contributed by atoms with van der Waals surface area (Å²) >= 11 is 1.40. The van der Waals surface area contributed by atoms with Crippen molar-refractivity contribution in [3.63, 3.8) is 0 Å². The molecule has 0 bridgehead atoms. The predicted molar refractivity (Wildman–Crippen MR) is 126 cm³/mol. The first-order valence-corrected chi connectivity index (χ1v) is 11.0. The smallest absolute Gasteiger partial charge is 0.481 e. The Balaban J connectivity index is 0.000000572. The lowest BCUT2D eigenvalue weighted by Crippen LogP contribution is -2.25. The number of halogens is 3. The first-order valence-electron chi connectivity index (χ1n) is 10.2. The van der Waals surface area contributed by atoms with Crippen molar-refractivity contribution in [1.82, 2.24) is 4.98 Å². The van der Waals surface area contributed by atoms with Gasteiger partial charge in [-0.25, -0.2) is 14.6 Å². The third-order valence-electron chi connectivity index (χ3n) is 4.48. The quantitative estimate of drug-likeness (QED) is 0.148. The second-order valence-corrected chi connectivity index (χ2v) is 8.04. The number of hydrogen-bond donors (Lipinski definition) is 4. The Hall–Kier alpha value is -4.20. The molecule has 0 fully saturated rings. The van der Waals surface area contributed by atoms with Gasteiger partial charge in [-0.15, -0.1) is 0 Å². The number of nitrogen functional groups attached to an aromatic ring is 1. The number of benzene rings is 2. The van der Waals surface area contributed by atoms with Crippen LogP contribution in [0.4, 0.5) is 18.3 Å². The molecule has 0 saturated carbocycles. The van der Waals surface area contributed by atoms with Crippen LogP contribution in [0.3, 0.4) is 0 Å². The Labute approximate surface area is 206 Å². The standard InChI is InChI=1S/C20H20N4O4S.C2HF3O2/c1-2-24(10-9-17(25)26)20-23-15-8-5-13(11-16(15)29-20)19(27)28-14-6-3-12(4-7-14)18(21)22;3-2(4,5)1(6)7/h3-8,11H,2,9-10H2,1H3,(H3,21,22)(H,25,26);(H,6,7). The number of nitrogens with zero attached hydrogens (tertiary/aromatic N) is 2. The van der Waals surface area contributed by atoms with Crippen molar-refractivity contribution in [2.75, 3.05) is 18.0 Å². The Bertz CT molecular complexity index is 1260. The number of carboxylic acids is 2. The van der Waals surface area contributed by atoms with E-state index in [9.17, 15) is 22.8 Å². The van der Waals surface area contributed by atoms with Crippen LogP contribution in [0.1, 0.15) is 29.3 Å². The third-order valence-corrected chi connectivity index (χ3v) is 5.56. The van der Waals surface area contributed by atoms with Crippen LogP contribution >= 0.6 is 11.3 Å². The fraction of sp³-hybridized carbons (Fsp3) is 0.227.